The minimum absolute atomic E-state index is 0.436. The van der Waals surface area contributed by atoms with Gasteiger partial charge in [-0.2, -0.15) is 0 Å². The van der Waals surface area contributed by atoms with Crippen LogP contribution in [-0.2, 0) is 9.47 Å². The average Bonchev–Trinajstić information content (AvgIpc) is 2.39. The number of ether oxygens (including phenoxy) is 3. The molecule has 0 spiro atoms. The number of carbonyl (C=O) groups excluding carboxylic acids is 1. The average molecular weight is 273 g/mol. The fourth-order valence-electron chi connectivity index (χ4n) is 1.35. The van der Waals surface area contributed by atoms with Crippen LogP contribution in [-0.4, -0.2) is 39.8 Å². The highest BCUT2D eigenvalue weighted by Gasteiger charge is 2.07. The smallest absolute Gasteiger partial charge is 0.153 e. The standard InChI is InChI=1S/C13H17ClO4/c1-16-8-9-17-6-3-7-18-13-11(10-15)4-2-5-12(13)14/h2,4-5,10H,3,6-9H2,1H3. The van der Waals surface area contributed by atoms with Gasteiger partial charge in [0.2, 0.25) is 0 Å². The third-order valence-corrected chi connectivity index (χ3v) is 2.53. The minimum atomic E-state index is 0.436. The molecule has 0 N–H and O–H groups in total. The van der Waals surface area contributed by atoms with Gasteiger partial charge in [-0.15, -0.1) is 0 Å². The van der Waals surface area contributed by atoms with E-state index in [-0.39, 0.29) is 0 Å². The summed E-state index contributed by atoms with van der Waals surface area (Å²) in [5, 5.41) is 0.444. The first-order valence-corrected chi connectivity index (χ1v) is 6.10. The first kappa shape index (κ1) is 15.0. The van der Waals surface area contributed by atoms with E-state index in [1.54, 1.807) is 25.3 Å². The van der Waals surface area contributed by atoms with Gasteiger partial charge in [0.25, 0.3) is 0 Å². The molecule has 18 heavy (non-hydrogen) atoms. The molecule has 0 radical (unpaired) electrons. The Morgan fingerprint density at radius 1 is 1.22 bits per heavy atom. The van der Waals surface area contributed by atoms with Crippen LogP contribution in [0.4, 0.5) is 0 Å². The van der Waals surface area contributed by atoms with Crippen LogP contribution in [0.2, 0.25) is 5.02 Å². The number of methoxy groups -OCH3 is 1. The lowest BCUT2D eigenvalue weighted by molar-refractivity contribution is 0.0644. The molecule has 1 aromatic carbocycles. The van der Waals surface area contributed by atoms with E-state index in [1.165, 1.54) is 0 Å². The summed E-state index contributed by atoms with van der Waals surface area (Å²) in [5.74, 6) is 0.436. The number of hydrogen-bond acceptors (Lipinski definition) is 4. The van der Waals surface area contributed by atoms with E-state index in [9.17, 15) is 4.79 Å². The molecule has 0 unspecified atom stereocenters. The van der Waals surface area contributed by atoms with Crippen LogP contribution in [0.15, 0.2) is 18.2 Å². The molecule has 0 heterocycles. The Kier molecular flexibility index (Phi) is 7.41. The summed E-state index contributed by atoms with van der Waals surface area (Å²) in [6.45, 7) is 2.20. The van der Waals surface area contributed by atoms with Crippen molar-refractivity contribution in [3.63, 3.8) is 0 Å². The topological polar surface area (TPSA) is 44.8 Å². The number of halogens is 1. The lowest BCUT2D eigenvalue weighted by Gasteiger charge is -2.10. The van der Waals surface area contributed by atoms with Crippen molar-refractivity contribution < 1.29 is 19.0 Å². The van der Waals surface area contributed by atoms with Crippen molar-refractivity contribution in [3.8, 4) is 5.75 Å². The third kappa shape index (κ3) is 5.04. The van der Waals surface area contributed by atoms with Gasteiger partial charge in [0.15, 0.2) is 6.29 Å². The van der Waals surface area contributed by atoms with E-state index in [0.29, 0.717) is 42.8 Å². The number of para-hydroxylation sites is 1. The maximum atomic E-state index is 10.8. The molecule has 0 saturated heterocycles. The number of rotatable bonds is 9. The molecule has 0 aliphatic carbocycles. The number of hydrogen-bond donors (Lipinski definition) is 0. The van der Waals surface area contributed by atoms with Gasteiger partial charge in [0.1, 0.15) is 5.75 Å². The quantitative estimate of drug-likeness (QED) is 0.512. The lowest BCUT2D eigenvalue weighted by Crippen LogP contribution is -2.07. The number of benzene rings is 1. The second-order valence-corrected chi connectivity index (χ2v) is 3.99. The molecule has 0 aliphatic heterocycles. The Bertz CT molecular complexity index is 368. The summed E-state index contributed by atoms with van der Waals surface area (Å²) in [7, 11) is 1.63. The SMILES string of the molecule is COCCOCCCOc1c(Cl)cccc1C=O. The molecule has 0 aromatic heterocycles. The van der Waals surface area contributed by atoms with Gasteiger partial charge >= 0.3 is 0 Å². The zero-order valence-electron chi connectivity index (χ0n) is 10.4. The summed E-state index contributed by atoms with van der Waals surface area (Å²) >= 11 is 5.96. The van der Waals surface area contributed by atoms with Gasteiger partial charge in [-0.05, 0) is 12.1 Å². The predicted octanol–water partition coefficient (Wildman–Crippen LogP) is 2.58. The Balaban J connectivity index is 2.29. The molecule has 0 bridgehead atoms. The molecule has 0 atom stereocenters. The molecule has 0 amide bonds. The van der Waals surface area contributed by atoms with Gasteiger partial charge in [0.05, 0.1) is 30.4 Å². The van der Waals surface area contributed by atoms with Crippen molar-refractivity contribution >= 4 is 17.9 Å². The van der Waals surface area contributed by atoms with E-state index in [0.717, 1.165) is 12.7 Å². The Labute approximate surface area is 112 Å². The monoisotopic (exact) mass is 272 g/mol. The highest BCUT2D eigenvalue weighted by atomic mass is 35.5. The molecule has 4 nitrogen and oxygen atoms in total. The molecular formula is C13H17ClO4. The second-order valence-electron chi connectivity index (χ2n) is 3.58. The van der Waals surface area contributed by atoms with Crippen LogP contribution in [0.25, 0.3) is 0 Å². The van der Waals surface area contributed by atoms with E-state index < -0.39 is 0 Å². The van der Waals surface area contributed by atoms with Crippen LogP contribution < -0.4 is 4.74 Å². The highest BCUT2D eigenvalue weighted by molar-refractivity contribution is 6.32. The molecule has 0 fully saturated rings. The maximum absolute atomic E-state index is 10.8. The Hall–Kier alpha value is -1.10. The highest BCUT2D eigenvalue weighted by Crippen LogP contribution is 2.27. The Morgan fingerprint density at radius 3 is 2.78 bits per heavy atom. The summed E-state index contributed by atoms with van der Waals surface area (Å²) < 4.78 is 15.6. The number of carbonyl (C=O) groups is 1. The molecular weight excluding hydrogens is 256 g/mol. The van der Waals surface area contributed by atoms with Crippen LogP contribution >= 0.6 is 11.6 Å². The molecule has 1 aromatic rings. The largest absolute Gasteiger partial charge is 0.491 e. The lowest BCUT2D eigenvalue weighted by atomic mass is 10.2. The fourth-order valence-corrected chi connectivity index (χ4v) is 1.59. The maximum Gasteiger partial charge on any atom is 0.153 e. The van der Waals surface area contributed by atoms with E-state index in [1.807, 2.05) is 0 Å². The Morgan fingerprint density at radius 2 is 2.06 bits per heavy atom. The normalized spacial score (nSPS) is 10.3. The first-order valence-electron chi connectivity index (χ1n) is 5.72. The summed E-state index contributed by atoms with van der Waals surface area (Å²) in [4.78, 5) is 10.8. The summed E-state index contributed by atoms with van der Waals surface area (Å²) in [6.07, 6.45) is 1.46. The van der Waals surface area contributed by atoms with Crippen molar-refractivity contribution in [2.75, 3.05) is 33.5 Å². The van der Waals surface area contributed by atoms with Gasteiger partial charge in [-0.25, -0.2) is 0 Å². The van der Waals surface area contributed by atoms with Crippen LogP contribution in [0.1, 0.15) is 16.8 Å². The summed E-state index contributed by atoms with van der Waals surface area (Å²) in [5.41, 5.74) is 0.461. The van der Waals surface area contributed by atoms with E-state index in [4.69, 9.17) is 25.8 Å². The van der Waals surface area contributed by atoms with Crippen molar-refractivity contribution in [1.29, 1.82) is 0 Å². The first-order chi connectivity index (χ1) is 8.79. The van der Waals surface area contributed by atoms with Gasteiger partial charge in [-0.3, -0.25) is 4.79 Å². The van der Waals surface area contributed by atoms with Crippen molar-refractivity contribution in [2.24, 2.45) is 0 Å². The zero-order chi connectivity index (χ0) is 13.2. The molecule has 5 heteroatoms. The molecule has 100 valence electrons. The fraction of sp³-hybridized carbons (Fsp3) is 0.462. The second kappa shape index (κ2) is 8.91. The minimum Gasteiger partial charge on any atom is -0.491 e. The van der Waals surface area contributed by atoms with Gasteiger partial charge in [-0.1, -0.05) is 17.7 Å². The summed E-state index contributed by atoms with van der Waals surface area (Å²) in [6, 6.07) is 5.08. The predicted molar refractivity (Wildman–Crippen MR) is 69.6 cm³/mol. The number of aldehydes is 1. The molecule has 1 rings (SSSR count). The zero-order valence-corrected chi connectivity index (χ0v) is 11.1. The van der Waals surface area contributed by atoms with Crippen LogP contribution in [0.3, 0.4) is 0 Å². The van der Waals surface area contributed by atoms with Crippen molar-refractivity contribution in [3.05, 3.63) is 28.8 Å². The molecule has 0 aliphatic rings. The van der Waals surface area contributed by atoms with E-state index >= 15 is 0 Å². The van der Waals surface area contributed by atoms with Crippen LogP contribution in [0, 0.1) is 0 Å². The molecule has 0 saturated carbocycles. The van der Waals surface area contributed by atoms with E-state index in [2.05, 4.69) is 0 Å². The van der Waals surface area contributed by atoms with Crippen molar-refractivity contribution in [2.45, 2.75) is 6.42 Å². The van der Waals surface area contributed by atoms with Gasteiger partial charge in [0, 0.05) is 20.1 Å². The van der Waals surface area contributed by atoms with Crippen LogP contribution in [0.5, 0.6) is 5.75 Å². The van der Waals surface area contributed by atoms with Gasteiger partial charge < -0.3 is 14.2 Å². The third-order valence-electron chi connectivity index (χ3n) is 2.24. The van der Waals surface area contributed by atoms with Crippen molar-refractivity contribution in [1.82, 2.24) is 0 Å².